The summed E-state index contributed by atoms with van der Waals surface area (Å²) in [4.78, 5) is 23.9. The van der Waals surface area contributed by atoms with E-state index in [4.69, 9.17) is 18.9 Å². The zero-order chi connectivity index (χ0) is 22.5. The van der Waals surface area contributed by atoms with E-state index in [0.717, 1.165) is 5.56 Å². The van der Waals surface area contributed by atoms with Gasteiger partial charge in [0.15, 0.2) is 11.6 Å². The van der Waals surface area contributed by atoms with Crippen molar-refractivity contribution in [2.75, 3.05) is 33.8 Å². The number of H-pyrrole nitrogens is 1. The van der Waals surface area contributed by atoms with E-state index in [0.29, 0.717) is 11.4 Å². The molecule has 0 unspecified atom stereocenters. The maximum atomic E-state index is 12.9. The maximum absolute atomic E-state index is 12.9. The number of carbonyl (C=O) groups is 1. The first-order valence-electron chi connectivity index (χ1n) is 8.92. The number of methoxy groups -OCH3 is 4. The highest BCUT2D eigenvalue weighted by Crippen LogP contribution is 2.46. The number of benzene rings is 2. The van der Waals surface area contributed by atoms with Gasteiger partial charge in [-0.2, -0.15) is 5.10 Å². The molecule has 1 heterocycles. The van der Waals surface area contributed by atoms with E-state index in [2.05, 4.69) is 15.5 Å². The van der Waals surface area contributed by atoms with Gasteiger partial charge in [0, 0.05) is 17.7 Å². The number of ether oxygens (including phenoxy) is 4. The normalized spacial score (nSPS) is 10.3. The third-order valence-electron chi connectivity index (χ3n) is 4.45. The number of nitro groups is 1. The molecule has 0 aliphatic carbocycles. The predicted octanol–water partition coefficient (Wildman–Crippen LogP) is 3.27. The van der Waals surface area contributed by atoms with Crippen LogP contribution in [0.15, 0.2) is 36.4 Å². The van der Waals surface area contributed by atoms with Gasteiger partial charge >= 0.3 is 5.69 Å². The molecule has 3 rings (SSSR count). The fourth-order valence-corrected chi connectivity index (χ4v) is 3.07. The summed E-state index contributed by atoms with van der Waals surface area (Å²) in [6.07, 6.45) is 0. The Morgan fingerprint density at radius 1 is 1.00 bits per heavy atom. The van der Waals surface area contributed by atoms with E-state index >= 15 is 0 Å². The van der Waals surface area contributed by atoms with Gasteiger partial charge in [-0.1, -0.05) is 12.1 Å². The van der Waals surface area contributed by atoms with Crippen molar-refractivity contribution in [3.05, 3.63) is 52.1 Å². The highest BCUT2D eigenvalue weighted by molar-refractivity contribution is 6.08. The Kier molecular flexibility index (Phi) is 6.24. The lowest BCUT2D eigenvalue weighted by Crippen LogP contribution is -2.15. The van der Waals surface area contributed by atoms with Crippen molar-refractivity contribution in [2.45, 2.75) is 0 Å². The quantitative estimate of drug-likeness (QED) is 0.412. The second kappa shape index (κ2) is 9.03. The first-order valence-corrected chi connectivity index (χ1v) is 8.92. The van der Waals surface area contributed by atoms with E-state index in [1.165, 1.54) is 27.4 Å². The van der Waals surface area contributed by atoms with Crippen molar-refractivity contribution in [2.24, 2.45) is 0 Å². The molecular weight excluding hydrogens is 408 g/mol. The van der Waals surface area contributed by atoms with Crippen molar-refractivity contribution in [1.29, 1.82) is 0 Å². The van der Waals surface area contributed by atoms with E-state index in [9.17, 15) is 14.9 Å². The summed E-state index contributed by atoms with van der Waals surface area (Å²) in [5, 5.41) is 21.1. The lowest BCUT2D eigenvalue weighted by molar-refractivity contribution is -0.386. The SMILES string of the molecule is COc1ccccc1-c1cc(NC(=O)c2cc(OC)c(OC)c(OC)c2[N+](=O)[O-])n[nH]1. The second-order valence-corrected chi connectivity index (χ2v) is 6.12. The number of hydrogen-bond acceptors (Lipinski definition) is 8. The highest BCUT2D eigenvalue weighted by atomic mass is 16.6. The number of nitrogens with one attached hydrogen (secondary N) is 2. The number of aromatic nitrogens is 2. The van der Waals surface area contributed by atoms with Crippen LogP contribution in [0, 0.1) is 10.1 Å². The molecule has 0 saturated heterocycles. The molecule has 0 aliphatic heterocycles. The lowest BCUT2D eigenvalue weighted by atomic mass is 10.1. The van der Waals surface area contributed by atoms with Crippen LogP contribution in [0.4, 0.5) is 11.5 Å². The average molecular weight is 428 g/mol. The maximum Gasteiger partial charge on any atom is 0.327 e. The summed E-state index contributed by atoms with van der Waals surface area (Å²) in [5.74, 6) is -0.116. The Morgan fingerprint density at radius 2 is 1.68 bits per heavy atom. The van der Waals surface area contributed by atoms with Gasteiger partial charge in [0.2, 0.25) is 11.5 Å². The third-order valence-corrected chi connectivity index (χ3v) is 4.45. The van der Waals surface area contributed by atoms with Crippen LogP contribution in [-0.2, 0) is 0 Å². The van der Waals surface area contributed by atoms with Gasteiger partial charge in [0.05, 0.1) is 39.1 Å². The molecule has 2 N–H and O–H groups in total. The fourth-order valence-electron chi connectivity index (χ4n) is 3.07. The number of carbonyl (C=O) groups excluding carboxylic acids is 1. The van der Waals surface area contributed by atoms with Gasteiger partial charge in [-0.3, -0.25) is 20.0 Å². The Labute approximate surface area is 177 Å². The fraction of sp³-hybridized carbons (Fsp3) is 0.200. The largest absolute Gasteiger partial charge is 0.496 e. The lowest BCUT2D eigenvalue weighted by Gasteiger charge is -2.14. The number of anilines is 1. The summed E-state index contributed by atoms with van der Waals surface area (Å²) in [6, 6.07) is 10.1. The number of aromatic amines is 1. The minimum absolute atomic E-state index is 0.00600. The number of rotatable bonds is 8. The van der Waals surface area contributed by atoms with Crippen LogP contribution in [0.5, 0.6) is 23.0 Å². The highest BCUT2D eigenvalue weighted by Gasteiger charge is 2.32. The van der Waals surface area contributed by atoms with E-state index < -0.39 is 16.5 Å². The number of para-hydroxylation sites is 1. The van der Waals surface area contributed by atoms with Crippen molar-refractivity contribution in [3.63, 3.8) is 0 Å². The Hall–Kier alpha value is -4.28. The van der Waals surface area contributed by atoms with Gasteiger partial charge in [-0.25, -0.2) is 0 Å². The topological polar surface area (TPSA) is 138 Å². The molecule has 162 valence electrons. The van der Waals surface area contributed by atoms with Crippen LogP contribution in [0.3, 0.4) is 0 Å². The number of amides is 1. The van der Waals surface area contributed by atoms with Gasteiger partial charge in [-0.15, -0.1) is 0 Å². The summed E-state index contributed by atoms with van der Waals surface area (Å²) in [6.45, 7) is 0. The predicted molar refractivity (Wildman–Crippen MR) is 111 cm³/mol. The molecule has 0 fully saturated rings. The molecule has 2 aromatic carbocycles. The number of nitrogens with zero attached hydrogens (tertiary/aromatic N) is 2. The van der Waals surface area contributed by atoms with Gasteiger partial charge in [0.1, 0.15) is 11.3 Å². The monoisotopic (exact) mass is 428 g/mol. The summed E-state index contributed by atoms with van der Waals surface area (Å²) in [7, 11) is 5.44. The van der Waals surface area contributed by atoms with Crippen LogP contribution in [-0.4, -0.2) is 49.5 Å². The Bertz CT molecular complexity index is 1130. The van der Waals surface area contributed by atoms with Crippen LogP contribution in [0.1, 0.15) is 10.4 Å². The van der Waals surface area contributed by atoms with E-state index in [1.54, 1.807) is 19.2 Å². The van der Waals surface area contributed by atoms with Crippen LogP contribution in [0.2, 0.25) is 0 Å². The van der Waals surface area contributed by atoms with Crippen LogP contribution >= 0.6 is 0 Å². The Balaban J connectivity index is 1.99. The van der Waals surface area contributed by atoms with Crippen molar-refractivity contribution >= 4 is 17.4 Å². The smallest absolute Gasteiger partial charge is 0.327 e. The molecule has 0 atom stereocenters. The molecule has 1 aromatic heterocycles. The molecule has 0 aliphatic rings. The Morgan fingerprint density at radius 3 is 2.29 bits per heavy atom. The summed E-state index contributed by atoms with van der Waals surface area (Å²) in [5.41, 5.74) is 0.489. The van der Waals surface area contributed by atoms with Crippen LogP contribution < -0.4 is 24.3 Å². The van der Waals surface area contributed by atoms with E-state index in [-0.39, 0.29) is 28.6 Å². The molecular formula is C20H20N4O7. The van der Waals surface area contributed by atoms with Crippen molar-refractivity contribution < 1.29 is 28.7 Å². The standard InChI is InChI=1S/C20H20N4O7/c1-28-14-8-6-5-7-11(14)13-10-16(23-22-13)21-20(25)12-9-15(29-2)18(30-3)19(31-4)17(12)24(26)27/h5-10H,1-4H3,(H2,21,22,23,25). The average Bonchev–Trinajstić information content (AvgIpc) is 3.25. The molecule has 11 heteroatoms. The number of hydrogen-bond donors (Lipinski definition) is 2. The van der Waals surface area contributed by atoms with E-state index in [1.807, 2.05) is 18.2 Å². The number of nitro benzene ring substituents is 1. The molecule has 1 amide bonds. The molecule has 0 bridgehead atoms. The third kappa shape index (κ3) is 4.06. The summed E-state index contributed by atoms with van der Waals surface area (Å²) < 4.78 is 20.8. The van der Waals surface area contributed by atoms with Gasteiger partial charge in [-0.05, 0) is 12.1 Å². The first kappa shape index (κ1) is 21.4. The molecule has 31 heavy (non-hydrogen) atoms. The van der Waals surface area contributed by atoms with Crippen molar-refractivity contribution in [3.8, 4) is 34.3 Å². The van der Waals surface area contributed by atoms with Crippen LogP contribution in [0.25, 0.3) is 11.3 Å². The minimum atomic E-state index is -0.774. The van der Waals surface area contributed by atoms with Crippen molar-refractivity contribution in [1.82, 2.24) is 10.2 Å². The van der Waals surface area contributed by atoms with Gasteiger partial charge in [0.25, 0.3) is 5.91 Å². The zero-order valence-corrected chi connectivity index (χ0v) is 17.2. The van der Waals surface area contributed by atoms with Gasteiger partial charge < -0.3 is 24.3 Å². The molecule has 11 nitrogen and oxygen atoms in total. The first-order chi connectivity index (χ1) is 14.9. The molecule has 3 aromatic rings. The molecule has 0 spiro atoms. The zero-order valence-electron chi connectivity index (χ0n) is 17.2. The minimum Gasteiger partial charge on any atom is -0.496 e. The molecule has 0 radical (unpaired) electrons. The second-order valence-electron chi connectivity index (χ2n) is 6.12. The molecule has 0 saturated carbocycles. The summed E-state index contributed by atoms with van der Waals surface area (Å²) >= 11 is 0.